The molecule has 0 unspecified atom stereocenters. The Morgan fingerprint density at radius 1 is 1.20 bits per heavy atom. The third-order valence-electron chi connectivity index (χ3n) is 3.26. The van der Waals surface area contributed by atoms with Crippen LogP contribution < -0.4 is 5.32 Å². The zero-order chi connectivity index (χ0) is 12.3. The van der Waals surface area contributed by atoms with Gasteiger partial charge in [-0.1, -0.05) is 34.6 Å². The van der Waals surface area contributed by atoms with Gasteiger partial charge in [0.1, 0.15) is 0 Å². The average molecular weight is 213 g/mol. The molecule has 0 spiro atoms. The van der Waals surface area contributed by atoms with Crippen LogP contribution >= 0.6 is 0 Å². The second-order valence-electron chi connectivity index (χ2n) is 6.11. The first-order valence-corrected chi connectivity index (χ1v) is 5.92. The lowest BCUT2D eigenvalue weighted by Crippen LogP contribution is -2.46. The maximum atomic E-state index is 11.4. The predicted octanol–water partition coefficient (Wildman–Crippen LogP) is 3.36. The van der Waals surface area contributed by atoms with E-state index in [2.05, 4.69) is 46.9 Å². The lowest BCUT2D eigenvalue weighted by Gasteiger charge is -2.38. The zero-order valence-electron chi connectivity index (χ0n) is 11.4. The summed E-state index contributed by atoms with van der Waals surface area (Å²) in [6, 6.07) is 0. The van der Waals surface area contributed by atoms with Gasteiger partial charge in [0.05, 0.1) is 0 Å². The SMILES string of the molecule is CCC(=O)NC(C)(C)CC(C)(C)C(C)C. The Morgan fingerprint density at radius 3 is 2.00 bits per heavy atom. The second kappa shape index (κ2) is 5.00. The monoisotopic (exact) mass is 213 g/mol. The fourth-order valence-corrected chi connectivity index (χ4v) is 1.85. The fourth-order valence-electron chi connectivity index (χ4n) is 1.85. The molecule has 0 aliphatic carbocycles. The summed E-state index contributed by atoms with van der Waals surface area (Å²) < 4.78 is 0. The van der Waals surface area contributed by atoms with E-state index in [0.29, 0.717) is 12.3 Å². The van der Waals surface area contributed by atoms with E-state index >= 15 is 0 Å². The molecule has 0 heterocycles. The van der Waals surface area contributed by atoms with E-state index in [4.69, 9.17) is 0 Å². The van der Waals surface area contributed by atoms with E-state index in [1.165, 1.54) is 0 Å². The zero-order valence-corrected chi connectivity index (χ0v) is 11.4. The van der Waals surface area contributed by atoms with Crippen molar-refractivity contribution in [2.24, 2.45) is 11.3 Å². The second-order valence-corrected chi connectivity index (χ2v) is 6.11. The number of amides is 1. The van der Waals surface area contributed by atoms with Crippen molar-refractivity contribution >= 4 is 5.91 Å². The quantitative estimate of drug-likeness (QED) is 0.745. The first-order valence-electron chi connectivity index (χ1n) is 5.92. The fraction of sp³-hybridized carbons (Fsp3) is 0.923. The van der Waals surface area contributed by atoms with Crippen molar-refractivity contribution in [1.82, 2.24) is 5.32 Å². The van der Waals surface area contributed by atoms with Gasteiger partial charge in [-0.25, -0.2) is 0 Å². The molecule has 0 aromatic carbocycles. The molecule has 0 fully saturated rings. The van der Waals surface area contributed by atoms with Crippen LogP contribution in [0.15, 0.2) is 0 Å². The van der Waals surface area contributed by atoms with Crippen LogP contribution in [0.25, 0.3) is 0 Å². The van der Waals surface area contributed by atoms with E-state index in [1.54, 1.807) is 0 Å². The Balaban J connectivity index is 4.43. The summed E-state index contributed by atoms with van der Waals surface area (Å²) in [5.74, 6) is 0.759. The van der Waals surface area contributed by atoms with Gasteiger partial charge in [0.15, 0.2) is 0 Å². The Labute approximate surface area is 94.8 Å². The van der Waals surface area contributed by atoms with Crippen molar-refractivity contribution in [3.05, 3.63) is 0 Å². The highest BCUT2D eigenvalue weighted by atomic mass is 16.1. The molecular formula is C13H27NO. The molecule has 0 rings (SSSR count). The number of hydrogen-bond donors (Lipinski definition) is 1. The van der Waals surface area contributed by atoms with Gasteiger partial charge < -0.3 is 5.32 Å². The summed E-state index contributed by atoms with van der Waals surface area (Å²) in [6.45, 7) is 15.1. The van der Waals surface area contributed by atoms with Crippen LogP contribution in [0.3, 0.4) is 0 Å². The van der Waals surface area contributed by atoms with Gasteiger partial charge in [-0.2, -0.15) is 0 Å². The van der Waals surface area contributed by atoms with Crippen LogP contribution in [0.1, 0.15) is 61.3 Å². The first-order chi connectivity index (χ1) is 6.60. The normalized spacial score (nSPS) is 13.1. The van der Waals surface area contributed by atoms with Crippen LogP contribution in [-0.2, 0) is 4.79 Å². The molecule has 2 nitrogen and oxygen atoms in total. The van der Waals surface area contributed by atoms with Crippen molar-refractivity contribution in [2.45, 2.75) is 66.8 Å². The van der Waals surface area contributed by atoms with Crippen LogP contribution in [0.4, 0.5) is 0 Å². The largest absolute Gasteiger partial charge is 0.351 e. The van der Waals surface area contributed by atoms with E-state index in [-0.39, 0.29) is 16.9 Å². The molecule has 0 aliphatic rings. The molecule has 0 aromatic rings. The highest BCUT2D eigenvalue weighted by Crippen LogP contribution is 2.34. The number of carbonyl (C=O) groups is 1. The maximum Gasteiger partial charge on any atom is 0.220 e. The van der Waals surface area contributed by atoms with E-state index < -0.39 is 0 Å². The van der Waals surface area contributed by atoms with Gasteiger partial charge in [-0.15, -0.1) is 0 Å². The Bertz CT molecular complexity index is 217. The van der Waals surface area contributed by atoms with Gasteiger partial charge in [0, 0.05) is 12.0 Å². The summed E-state index contributed by atoms with van der Waals surface area (Å²) in [5.41, 5.74) is 0.144. The van der Waals surface area contributed by atoms with Crippen LogP contribution in [-0.4, -0.2) is 11.4 Å². The number of hydrogen-bond acceptors (Lipinski definition) is 1. The summed E-state index contributed by atoms with van der Waals surface area (Å²) >= 11 is 0. The molecule has 2 heteroatoms. The standard InChI is InChI=1S/C13H27NO/c1-8-11(15)14-13(6,7)9-12(4,5)10(2)3/h10H,8-9H2,1-7H3,(H,14,15). The van der Waals surface area contributed by atoms with Gasteiger partial charge in [0.25, 0.3) is 0 Å². The summed E-state index contributed by atoms with van der Waals surface area (Å²) in [7, 11) is 0. The Hall–Kier alpha value is -0.530. The van der Waals surface area contributed by atoms with Crippen molar-refractivity contribution in [2.75, 3.05) is 0 Å². The Morgan fingerprint density at radius 2 is 1.67 bits per heavy atom. The van der Waals surface area contributed by atoms with Gasteiger partial charge in [-0.05, 0) is 31.6 Å². The lowest BCUT2D eigenvalue weighted by molar-refractivity contribution is -0.122. The van der Waals surface area contributed by atoms with E-state index in [1.807, 2.05) is 6.92 Å². The van der Waals surface area contributed by atoms with Crippen molar-refractivity contribution in [1.29, 1.82) is 0 Å². The lowest BCUT2D eigenvalue weighted by atomic mass is 9.72. The molecule has 0 saturated carbocycles. The number of rotatable bonds is 5. The highest BCUT2D eigenvalue weighted by molar-refractivity contribution is 5.76. The predicted molar refractivity (Wildman–Crippen MR) is 65.7 cm³/mol. The first kappa shape index (κ1) is 14.5. The average Bonchev–Trinajstić information content (AvgIpc) is 2.00. The van der Waals surface area contributed by atoms with Crippen molar-refractivity contribution in [3.8, 4) is 0 Å². The minimum Gasteiger partial charge on any atom is -0.351 e. The molecule has 15 heavy (non-hydrogen) atoms. The van der Waals surface area contributed by atoms with Crippen molar-refractivity contribution < 1.29 is 4.79 Å². The number of nitrogens with one attached hydrogen (secondary N) is 1. The molecule has 0 radical (unpaired) electrons. The molecule has 0 bridgehead atoms. The van der Waals surface area contributed by atoms with Crippen molar-refractivity contribution in [3.63, 3.8) is 0 Å². The Kier molecular flexibility index (Phi) is 4.82. The maximum absolute atomic E-state index is 11.4. The summed E-state index contributed by atoms with van der Waals surface area (Å²) in [5, 5.41) is 3.08. The molecular weight excluding hydrogens is 186 g/mol. The molecule has 0 saturated heterocycles. The molecule has 0 aromatic heterocycles. The molecule has 1 N–H and O–H groups in total. The van der Waals surface area contributed by atoms with Gasteiger partial charge in [-0.3, -0.25) is 4.79 Å². The molecule has 1 amide bonds. The minimum absolute atomic E-state index is 0.110. The third kappa shape index (κ3) is 5.19. The third-order valence-corrected chi connectivity index (χ3v) is 3.26. The summed E-state index contributed by atoms with van der Waals surface area (Å²) in [6.07, 6.45) is 1.56. The van der Waals surface area contributed by atoms with Crippen LogP contribution in [0.2, 0.25) is 0 Å². The smallest absolute Gasteiger partial charge is 0.220 e. The van der Waals surface area contributed by atoms with Crippen LogP contribution in [0, 0.1) is 11.3 Å². The molecule has 0 atom stereocenters. The van der Waals surface area contributed by atoms with Crippen LogP contribution in [0.5, 0.6) is 0 Å². The topological polar surface area (TPSA) is 29.1 Å². The van der Waals surface area contributed by atoms with Gasteiger partial charge in [0.2, 0.25) is 5.91 Å². The molecule has 0 aliphatic heterocycles. The highest BCUT2D eigenvalue weighted by Gasteiger charge is 2.31. The molecule has 90 valence electrons. The minimum atomic E-state index is -0.110. The van der Waals surface area contributed by atoms with E-state index in [9.17, 15) is 4.79 Å². The van der Waals surface area contributed by atoms with Gasteiger partial charge >= 0.3 is 0 Å². The van der Waals surface area contributed by atoms with E-state index in [0.717, 1.165) is 6.42 Å². The number of carbonyl (C=O) groups excluding carboxylic acids is 1. The summed E-state index contributed by atoms with van der Waals surface area (Å²) in [4.78, 5) is 11.4.